The quantitative estimate of drug-likeness (QED) is 0.788. The molecule has 1 aliphatic rings. The third-order valence-electron chi connectivity index (χ3n) is 4.32. The molecule has 0 radical (unpaired) electrons. The van der Waals surface area contributed by atoms with E-state index in [1.807, 2.05) is 18.0 Å². The molecule has 21 heavy (non-hydrogen) atoms. The van der Waals surface area contributed by atoms with Gasteiger partial charge in [-0.15, -0.1) is 0 Å². The molecule has 1 aromatic heterocycles. The van der Waals surface area contributed by atoms with Gasteiger partial charge < -0.3 is 15.2 Å². The molecule has 2 heterocycles. The molecule has 0 amide bonds. The number of aromatic nitrogens is 1. The summed E-state index contributed by atoms with van der Waals surface area (Å²) in [6.45, 7) is 0.267. The Morgan fingerprint density at radius 3 is 2.95 bits per heavy atom. The summed E-state index contributed by atoms with van der Waals surface area (Å²) in [5, 5.41) is 19.9. The number of rotatable bonds is 2. The Bertz CT molecular complexity index is 685. The number of piperidine rings is 1. The zero-order chi connectivity index (χ0) is 15.1. The minimum atomic E-state index is -0.988. The molecule has 2 aromatic rings. The van der Waals surface area contributed by atoms with Gasteiger partial charge in [0.05, 0.1) is 17.5 Å². The molecule has 0 aliphatic carbocycles. The number of likely N-dealkylation sites (tertiary alicyclic amines) is 1. The molecule has 1 fully saturated rings. The highest BCUT2D eigenvalue weighted by Crippen LogP contribution is 2.36. The van der Waals surface area contributed by atoms with Crippen LogP contribution < -0.4 is 0 Å². The molecular formula is C15H17FN2O3. The fraction of sp³-hybridized carbons (Fsp3) is 0.400. The van der Waals surface area contributed by atoms with Gasteiger partial charge in [0, 0.05) is 24.2 Å². The number of carboxylic acids is 1. The number of aliphatic hydroxyl groups is 1. The molecule has 6 heteroatoms. The number of hydrogen-bond donors (Lipinski definition) is 3. The lowest BCUT2D eigenvalue weighted by Crippen LogP contribution is -2.46. The van der Waals surface area contributed by atoms with E-state index in [-0.39, 0.29) is 18.4 Å². The average Bonchev–Trinajstić information content (AvgIpc) is 2.86. The normalized spacial score (nSPS) is 27.1. The Kier molecular flexibility index (Phi) is 3.43. The van der Waals surface area contributed by atoms with E-state index < -0.39 is 18.0 Å². The van der Waals surface area contributed by atoms with Gasteiger partial charge in [-0.2, -0.15) is 0 Å². The molecular weight excluding hydrogens is 275 g/mol. The summed E-state index contributed by atoms with van der Waals surface area (Å²) in [5.41, 5.74) is 1.32. The molecule has 3 unspecified atom stereocenters. The predicted molar refractivity (Wildman–Crippen MR) is 75.4 cm³/mol. The fourth-order valence-electron chi connectivity index (χ4n) is 3.15. The van der Waals surface area contributed by atoms with Gasteiger partial charge in [0.15, 0.2) is 0 Å². The lowest BCUT2D eigenvalue weighted by molar-refractivity contribution is -0.150. The van der Waals surface area contributed by atoms with Gasteiger partial charge in [-0.1, -0.05) is 12.1 Å². The minimum Gasteiger partial charge on any atom is -0.481 e. The molecule has 1 aromatic carbocycles. The Labute approximate surface area is 121 Å². The van der Waals surface area contributed by atoms with Crippen LogP contribution in [0.15, 0.2) is 24.4 Å². The minimum absolute atomic E-state index is 0.133. The Balaban J connectivity index is 1.96. The Morgan fingerprint density at radius 2 is 2.24 bits per heavy atom. The molecule has 1 aliphatic heterocycles. The summed E-state index contributed by atoms with van der Waals surface area (Å²) in [6.07, 6.45) is 1.15. The lowest BCUT2D eigenvalue weighted by Gasteiger charge is -2.38. The van der Waals surface area contributed by atoms with Crippen molar-refractivity contribution < 1.29 is 19.4 Å². The number of aliphatic carboxylic acids is 1. The number of carbonyl (C=O) groups is 1. The van der Waals surface area contributed by atoms with Crippen LogP contribution in [0.1, 0.15) is 18.0 Å². The summed E-state index contributed by atoms with van der Waals surface area (Å²) < 4.78 is 13.7. The molecule has 3 atom stereocenters. The van der Waals surface area contributed by atoms with E-state index >= 15 is 0 Å². The van der Waals surface area contributed by atoms with Gasteiger partial charge in [0.25, 0.3) is 0 Å². The molecule has 0 spiro atoms. The largest absolute Gasteiger partial charge is 0.481 e. The highest BCUT2D eigenvalue weighted by atomic mass is 19.1. The number of H-pyrrole nitrogens is 1. The van der Waals surface area contributed by atoms with Crippen molar-refractivity contribution in [1.29, 1.82) is 0 Å². The SMILES string of the molecule is CN1CC(C(=O)O)C(O)CC1c1c[nH]c2c(F)cccc12. The third kappa shape index (κ3) is 2.30. The van der Waals surface area contributed by atoms with Gasteiger partial charge in [-0.05, 0) is 25.1 Å². The first-order valence-corrected chi connectivity index (χ1v) is 6.85. The van der Waals surface area contributed by atoms with E-state index in [1.54, 1.807) is 12.3 Å². The van der Waals surface area contributed by atoms with E-state index in [0.717, 1.165) is 10.9 Å². The van der Waals surface area contributed by atoms with E-state index in [9.17, 15) is 14.3 Å². The fourth-order valence-corrected chi connectivity index (χ4v) is 3.15. The number of carboxylic acid groups (broad SMARTS) is 1. The number of para-hydroxylation sites is 1. The van der Waals surface area contributed by atoms with Crippen LogP contribution in [0, 0.1) is 11.7 Å². The third-order valence-corrected chi connectivity index (χ3v) is 4.32. The summed E-state index contributed by atoms with van der Waals surface area (Å²) in [7, 11) is 1.82. The second-order valence-corrected chi connectivity index (χ2v) is 5.61. The number of nitrogens with zero attached hydrogens (tertiary/aromatic N) is 1. The zero-order valence-corrected chi connectivity index (χ0v) is 11.6. The first kappa shape index (κ1) is 14.0. The molecule has 5 nitrogen and oxygen atoms in total. The smallest absolute Gasteiger partial charge is 0.310 e. The first-order chi connectivity index (χ1) is 9.99. The number of aromatic amines is 1. The summed E-state index contributed by atoms with van der Waals surface area (Å²) in [5.74, 6) is -2.09. The van der Waals surface area contributed by atoms with Crippen molar-refractivity contribution in [3.05, 3.63) is 35.8 Å². The summed E-state index contributed by atoms with van der Waals surface area (Å²) >= 11 is 0. The van der Waals surface area contributed by atoms with Crippen LogP contribution in [0.25, 0.3) is 10.9 Å². The van der Waals surface area contributed by atoms with E-state index in [4.69, 9.17) is 5.11 Å². The number of fused-ring (bicyclic) bond motifs is 1. The van der Waals surface area contributed by atoms with E-state index in [2.05, 4.69) is 4.98 Å². The van der Waals surface area contributed by atoms with Crippen LogP contribution >= 0.6 is 0 Å². The highest BCUT2D eigenvalue weighted by molar-refractivity contribution is 5.84. The van der Waals surface area contributed by atoms with E-state index in [1.165, 1.54) is 6.07 Å². The number of halogens is 1. The van der Waals surface area contributed by atoms with Gasteiger partial charge in [-0.3, -0.25) is 9.69 Å². The van der Waals surface area contributed by atoms with Crippen molar-refractivity contribution in [2.75, 3.05) is 13.6 Å². The summed E-state index contributed by atoms with van der Waals surface area (Å²) in [4.78, 5) is 15.9. The maximum Gasteiger partial charge on any atom is 0.310 e. The second kappa shape index (κ2) is 5.13. The van der Waals surface area contributed by atoms with Crippen molar-refractivity contribution in [3.63, 3.8) is 0 Å². The zero-order valence-electron chi connectivity index (χ0n) is 11.6. The Morgan fingerprint density at radius 1 is 1.48 bits per heavy atom. The van der Waals surface area contributed by atoms with Crippen LogP contribution in [0.4, 0.5) is 4.39 Å². The van der Waals surface area contributed by atoms with E-state index in [0.29, 0.717) is 11.9 Å². The van der Waals surface area contributed by atoms with Crippen LogP contribution in [-0.4, -0.2) is 45.8 Å². The van der Waals surface area contributed by atoms with Crippen molar-refractivity contribution in [2.45, 2.75) is 18.6 Å². The highest BCUT2D eigenvalue weighted by Gasteiger charge is 2.38. The molecule has 3 N–H and O–H groups in total. The van der Waals surface area contributed by atoms with Gasteiger partial charge >= 0.3 is 5.97 Å². The number of aliphatic hydroxyl groups excluding tert-OH is 1. The topological polar surface area (TPSA) is 76.6 Å². The van der Waals surface area contributed by atoms with Crippen molar-refractivity contribution in [1.82, 2.24) is 9.88 Å². The maximum atomic E-state index is 13.7. The molecule has 0 bridgehead atoms. The first-order valence-electron chi connectivity index (χ1n) is 6.85. The maximum absolute atomic E-state index is 13.7. The lowest BCUT2D eigenvalue weighted by atomic mass is 9.87. The monoisotopic (exact) mass is 292 g/mol. The second-order valence-electron chi connectivity index (χ2n) is 5.61. The molecule has 3 rings (SSSR count). The standard InChI is InChI=1S/C15H17FN2O3/c1-18-7-10(15(20)21)13(19)5-12(18)9-6-17-14-8(9)3-2-4-11(14)16/h2-4,6,10,12-13,17,19H,5,7H2,1H3,(H,20,21). The predicted octanol–water partition coefficient (Wildman–Crippen LogP) is 1.75. The molecule has 112 valence electrons. The number of benzene rings is 1. The van der Waals surface area contributed by atoms with Gasteiger partial charge in [-0.25, -0.2) is 4.39 Å². The van der Waals surface area contributed by atoms with Crippen molar-refractivity contribution in [3.8, 4) is 0 Å². The van der Waals surface area contributed by atoms with Crippen molar-refractivity contribution >= 4 is 16.9 Å². The molecule has 0 saturated carbocycles. The van der Waals surface area contributed by atoms with Crippen LogP contribution in [0.5, 0.6) is 0 Å². The van der Waals surface area contributed by atoms with Gasteiger partial charge in [0.2, 0.25) is 0 Å². The number of nitrogens with one attached hydrogen (secondary N) is 1. The molecule has 1 saturated heterocycles. The van der Waals surface area contributed by atoms with Crippen LogP contribution in [0.2, 0.25) is 0 Å². The van der Waals surface area contributed by atoms with Gasteiger partial charge in [0.1, 0.15) is 5.82 Å². The van der Waals surface area contributed by atoms with Crippen LogP contribution in [-0.2, 0) is 4.79 Å². The van der Waals surface area contributed by atoms with Crippen molar-refractivity contribution in [2.24, 2.45) is 5.92 Å². The van der Waals surface area contributed by atoms with Crippen LogP contribution in [0.3, 0.4) is 0 Å². The average molecular weight is 292 g/mol. The summed E-state index contributed by atoms with van der Waals surface area (Å²) in [6, 6.07) is 4.73. The number of hydrogen-bond acceptors (Lipinski definition) is 3. The Hall–Kier alpha value is -1.92.